The number of carbonyl (C=O) groups is 1. The molecule has 0 spiro atoms. The van der Waals surface area contributed by atoms with Gasteiger partial charge >= 0.3 is 0 Å². The Balaban J connectivity index is 2.82. The lowest BCUT2D eigenvalue weighted by Crippen LogP contribution is -2.34. The lowest BCUT2D eigenvalue weighted by Gasteiger charge is -2.20. The number of anilines is 1. The predicted octanol–water partition coefficient (Wildman–Crippen LogP) is 1.80. The van der Waals surface area contributed by atoms with Gasteiger partial charge in [0.05, 0.1) is 5.02 Å². The number of amides is 1. The summed E-state index contributed by atoms with van der Waals surface area (Å²) < 4.78 is 0. The number of nitrogens with zero attached hydrogens (tertiary/aromatic N) is 3. The number of nitrogens with one attached hydrogen (secondary N) is 1. The molecule has 0 saturated carbocycles. The highest BCUT2D eigenvalue weighted by molar-refractivity contribution is 6.33. The molecule has 106 valence electrons. The van der Waals surface area contributed by atoms with Crippen LogP contribution in [0.1, 0.15) is 17.4 Å². The predicted molar refractivity (Wildman–Crippen MR) is 78.9 cm³/mol. The van der Waals surface area contributed by atoms with Gasteiger partial charge in [-0.2, -0.15) is 0 Å². The van der Waals surface area contributed by atoms with Crippen LogP contribution < -0.4 is 5.32 Å². The van der Waals surface area contributed by atoms with Crippen molar-refractivity contribution in [2.24, 2.45) is 0 Å². The van der Waals surface area contributed by atoms with E-state index in [1.807, 2.05) is 25.9 Å². The largest absolute Gasteiger partial charge is 0.370 e. The Morgan fingerprint density at radius 3 is 2.58 bits per heavy atom. The molecule has 1 aromatic rings. The molecule has 0 aliphatic carbocycles. The number of pyridine rings is 1. The zero-order chi connectivity index (χ0) is 14.4. The van der Waals surface area contributed by atoms with Gasteiger partial charge < -0.3 is 15.1 Å². The van der Waals surface area contributed by atoms with E-state index in [4.69, 9.17) is 11.6 Å². The number of rotatable bonds is 6. The Kier molecular flexibility index (Phi) is 6.05. The Bertz CT molecular complexity index is 437. The topological polar surface area (TPSA) is 48.5 Å². The van der Waals surface area contributed by atoms with Crippen molar-refractivity contribution in [1.82, 2.24) is 14.8 Å². The van der Waals surface area contributed by atoms with Gasteiger partial charge in [0.2, 0.25) is 0 Å². The van der Waals surface area contributed by atoms with Crippen molar-refractivity contribution in [3.8, 4) is 0 Å². The first-order valence-electron chi connectivity index (χ1n) is 6.26. The lowest BCUT2D eigenvalue weighted by molar-refractivity contribution is 0.0781. The highest BCUT2D eigenvalue weighted by Crippen LogP contribution is 2.18. The second kappa shape index (κ2) is 7.31. The summed E-state index contributed by atoms with van der Waals surface area (Å²) in [5.41, 5.74) is 0.293. The fourth-order valence-corrected chi connectivity index (χ4v) is 1.69. The van der Waals surface area contributed by atoms with Crippen LogP contribution in [-0.2, 0) is 0 Å². The monoisotopic (exact) mass is 284 g/mol. The molecule has 1 N–H and O–H groups in total. The van der Waals surface area contributed by atoms with E-state index in [0.717, 1.165) is 13.1 Å². The maximum atomic E-state index is 12.3. The van der Waals surface area contributed by atoms with Gasteiger partial charge in [0, 0.05) is 26.7 Å². The fraction of sp³-hybridized carbons (Fsp3) is 0.538. The van der Waals surface area contributed by atoms with Crippen LogP contribution in [0, 0.1) is 0 Å². The first-order chi connectivity index (χ1) is 8.95. The molecule has 6 heteroatoms. The number of hydrogen-bond acceptors (Lipinski definition) is 4. The molecule has 0 aliphatic rings. The normalized spacial score (nSPS) is 10.6. The van der Waals surface area contributed by atoms with Gasteiger partial charge in [-0.05, 0) is 33.2 Å². The number of carbonyl (C=O) groups excluding carboxylic acids is 1. The second-order valence-corrected chi connectivity index (χ2v) is 4.99. The van der Waals surface area contributed by atoms with E-state index in [1.165, 1.54) is 0 Å². The minimum absolute atomic E-state index is 0.161. The Hall–Kier alpha value is -1.33. The van der Waals surface area contributed by atoms with Crippen molar-refractivity contribution < 1.29 is 4.79 Å². The van der Waals surface area contributed by atoms with Crippen LogP contribution in [0.15, 0.2) is 12.1 Å². The summed E-state index contributed by atoms with van der Waals surface area (Å²) in [7, 11) is 5.69. The van der Waals surface area contributed by atoms with Gasteiger partial charge in [-0.25, -0.2) is 4.98 Å². The van der Waals surface area contributed by atoms with E-state index in [2.05, 4.69) is 10.3 Å². The van der Waals surface area contributed by atoms with Gasteiger partial charge in [-0.15, -0.1) is 0 Å². The quantitative estimate of drug-likeness (QED) is 0.865. The molecular weight excluding hydrogens is 264 g/mol. The lowest BCUT2D eigenvalue weighted by atomic mass is 10.3. The molecule has 0 aliphatic heterocycles. The van der Waals surface area contributed by atoms with Gasteiger partial charge in [0.15, 0.2) is 0 Å². The molecule has 0 unspecified atom stereocenters. The van der Waals surface area contributed by atoms with Gasteiger partial charge in [-0.1, -0.05) is 11.6 Å². The molecule has 1 heterocycles. The van der Waals surface area contributed by atoms with Crippen molar-refractivity contribution in [3.63, 3.8) is 0 Å². The van der Waals surface area contributed by atoms with Gasteiger partial charge in [0.25, 0.3) is 5.91 Å². The third-order valence-corrected chi connectivity index (χ3v) is 2.94. The molecule has 19 heavy (non-hydrogen) atoms. The number of halogens is 1. The summed E-state index contributed by atoms with van der Waals surface area (Å²) >= 11 is 6.05. The average Bonchev–Trinajstić information content (AvgIpc) is 2.37. The van der Waals surface area contributed by atoms with E-state index in [9.17, 15) is 4.79 Å². The number of hydrogen-bond donors (Lipinski definition) is 1. The molecule has 1 rings (SSSR count). The molecule has 1 amide bonds. The summed E-state index contributed by atoms with van der Waals surface area (Å²) in [5, 5.41) is 3.45. The highest BCUT2D eigenvalue weighted by Gasteiger charge is 2.17. The van der Waals surface area contributed by atoms with Crippen LogP contribution in [0.25, 0.3) is 0 Å². The molecule has 0 saturated heterocycles. The van der Waals surface area contributed by atoms with Gasteiger partial charge in [-0.3, -0.25) is 4.79 Å². The Morgan fingerprint density at radius 1 is 1.32 bits per heavy atom. The van der Waals surface area contributed by atoms with Crippen LogP contribution in [-0.4, -0.2) is 61.5 Å². The smallest absolute Gasteiger partial charge is 0.273 e. The van der Waals surface area contributed by atoms with Crippen molar-refractivity contribution >= 4 is 23.3 Å². The molecule has 0 atom stereocenters. The van der Waals surface area contributed by atoms with E-state index >= 15 is 0 Å². The van der Waals surface area contributed by atoms with Crippen molar-refractivity contribution in [2.45, 2.75) is 6.92 Å². The molecule has 0 fully saturated rings. The maximum absolute atomic E-state index is 12.3. The zero-order valence-electron chi connectivity index (χ0n) is 11.9. The third kappa shape index (κ3) is 4.69. The van der Waals surface area contributed by atoms with E-state index in [-0.39, 0.29) is 5.91 Å². The summed E-state index contributed by atoms with van der Waals surface area (Å²) in [6, 6.07) is 3.46. The molecular formula is C13H21ClN4O. The van der Waals surface area contributed by atoms with Crippen LogP contribution in [0.2, 0.25) is 5.02 Å². The number of aromatic nitrogens is 1. The molecule has 0 radical (unpaired) electrons. The van der Waals surface area contributed by atoms with Crippen molar-refractivity contribution in [3.05, 3.63) is 22.8 Å². The molecule has 1 aromatic heterocycles. The van der Waals surface area contributed by atoms with E-state index < -0.39 is 0 Å². The van der Waals surface area contributed by atoms with Crippen LogP contribution >= 0.6 is 11.6 Å². The Labute approximate surface area is 119 Å². The SMILES string of the molecule is CCNc1ccc(Cl)c(C(=O)N(C)CCN(C)C)n1. The highest BCUT2D eigenvalue weighted by atomic mass is 35.5. The maximum Gasteiger partial charge on any atom is 0.273 e. The minimum atomic E-state index is -0.161. The van der Waals surface area contributed by atoms with Crippen LogP contribution in [0.3, 0.4) is 0 Å². The summed E-state index contributed by atoms with van der Waals surface area (Å²) in [6.07, 6.45) is 0. The summed E-state index contributed by atoms with van der Waals surface area (Å²) in [6.45, 7) is 4.15. The first-order valence-corrected chi connectivity index (χ1v) is 6.64. The van der Waals surface area contributed by atoms with Crippen molar-refractivity contribution in [2.75, 3.05) is 46.1 Å². The second-order valence-electron chi connectivity index (χ2n) is 4.59. The average molecular weight is 285 g/mol. The molecule has 0 bridgehead atoms. The number of likely N-dealkylation sites (N-methyl/N-ethyl adjacent to an activating group) is 2. The standard InChI is InChI=1S/C13H21ClN4O/c1-5-15-11-7-6-10(14)12(16-11)13(19)18(4)9-8-17(2)3/h6-7H,5,8-9H2,1-4H3,(H,15,16). The van der Waals surface area contributed by atoms with Crippen LogP contribution in [0.4, 0.5) is 5.82 Å². The Morgan fingerprint density at radius 2 is 2.00 bits per heavy atom. The van der Waals surface area contributed by atoms with E-state index in [1.54, 1.807) is 24.1 Å². The summed E-state index contributed by atoms with van der Waals surface area (Å²) in [5.74, 6) is 0.503. The zero-order valence-corrected chi connectivity index (χ0v) is 12.7. The van der Waals surface area contributed by atoms with Crippen LogP contribution in [0.5, 0.6) is 0 Å². The van der Waals surface area contributed by atoms with Crippen molar-refractivity contribution in [1.29, 1.82) is 0 Å². The first kappa shape index (κ1) is 15.7. The minimum Gasteiger partial charge on any atom is -0.370 e. The molecule has 0 aromatic carbocycles. The van der Waals surface area contributed by atoms with E-state index in [0.29, 0.717) is 23.1 Å². The van der Waals surface area contributed by atoms with Gasteiger partial charge in [0.1, 0.15) is 11.5 Å². The molecule has 5 nitrogen and oxygen atoms in total. The third-order valence-electron chi connectivity index (χ3n) is 2.64. The fourth-order valence-electron chi connectivity index (χ4n) is 1.50. The summed E-state index contributed by atoms with van der Waals surface area (Å²) in [4.78, 5) is 20.2.